The number of nitrogens with zero attached hydrogens (tertiary/aromatic N) is 1. The lowest BCUT2D eigenvalue weighted by atomic mass is 10.1. The van der Waals surface area contributed by atoms with Crippen LogP contribution in [0.25, 0.3) is 0 Å². The Hall–Kier alpha value is -0.260. The molecule has 0 fully saturated rings. The van der Waals surface area contributed by atoms with Gasteiger partial charge >= 0.3 is 0 Å². The number of nitriles is 1. The molecule has 0 amide bonds. The molecule has 0 heterocycles. The lowest BCUT2D eigenvalue weighted by Crippen LogP contribution is -2.07. The van der Waals surface area contributed by atoms with Crippen molar-refractivity contribution in [3.05, 3.63) is 0 Å². The van der Waals surface area contributed by atoms with Gasteiger partial charge in [-0.15, -0.1) is 11.6 Å². The van der Waals surface area contributed by atoms with Crippen molar-refractivity contribution >= 4 is 11.6 Å². The van der Waals surface area contributed by atoms with Crippen molar-refractivity contribution < 1.29 is 4.74 Å². The predicted octanol–water partition coefficient (Wildman–Crippen LogP) is 2.57. The van der Waals surface area contributed by atoms with Crippen LogP contribution in [0.1, 0.15) is 26.7 Å². The fourth-order valence-electron chi connectivity index (χ4n) is 0.818. The first-order valence-electron chi connectivity index (χ1n) is 4.28. The largest absolute Gasteiger partial charge is 0.379 e. The highest BCUT2D eigenvalue weighted by molar-refractivity contribution is 6.22. The number of hydrogen-bond acceptors (Lipinski definition) is 2. The minimum Gasteiger partial charge on any atom is -0.379 e. The second-order valence-corrected chi connectivity index (χ2v) is 3.73. The van der Waals surface area contributed by atoms with Crippen LogP contribution in [-0.2, 0) is 4.74 Å². The Bertz CT molecular complexity index is 142. The lowest BCUT2D eigenvalue weighted by molar-refractivity contribution is 0.134. The zero-order chi connectivity index (χ0) is 9.40. The third kappa shape index (κ3) is 7.84. The average molecular weight is 190 g/mol. The predicted molar refractivity (Wildman–Crippen MR) is 50.1 cm³/mol. The summed E-state index contributed by atoms with van der Waals surface area (Å²) < 4.78 is 5.18. The van der Waals surface area contributed by atoms with Crippen LogP contribution in [0.5, 0.6) is 0 Å². The van der Waals surface area contributed by atoms with E-state index in [0.29, 0.717) is 13.2 Å². The van der Waals surface area contributed by atoms with Gasteiger partial charge < -0.3 is 4.74 Å². The molecular weight excluding hydrogens is 174 g/mol. The molecule has 0 aromatic heterocycles. The molecule has 0 aliphatic carbocycles. The van der Waals surface area contributed by atoms with Gasteiger partial charge in [-0.25, -0.2) is 0 Å². The maximum absolute atomic E-state index is 8.32. The van der Waals surface area contributed by atoms with Gasteiger partial charge in [0, 0.05) is 6.61 Å². The van der Waals surface area contributed by atoms with Crippen LogP contribution >= 0.6 is 11.6 Å². The molecule has 0 saturated heterocycles. The van der Waals surface area contributed by atoms with Crippen molar-refractivity contribution in [3.63, 3.8) is 0 Å². The van der Waals surface area contributed by atoms with Crippen molar-refractivity contribution in [2.45, 2.75) is 32.1 Å². The standard InChI is InChI=1S/C9H16ClNO/c1-8(2)4-3-5-12-7-9(10)6-11/h8-9H,3-5,7H2,1-2H3. The summed E-state index contributed by atoms with van der Waals surface area (Å²) in [5, 5.41) is 7.82. The minimum absolute atomic E-state index is 0.343. The summed E-state index contributed by atoms with van der Waals surface area (Å²) >= 11 is 5.52. The molecule has 3 heteroatoms. The molecule has 70 valence electrons. The Kier molecular flexibility index (Phi) is 7.23. The first-order valence-corrected chi connectivity index (χ1v) is 4.72. The van der Waals surface area contributed by atoms with Gasteiger partial charge in [0.1, 0.15) is 5.38 Å². The van der Waals surface area contributed by atoms with Crippen molar-refractivity contribution in [1.29, 1.82) is 5.26 Å². The molecule has 1 unspecified atom stereocenters. The van der Waals surface area contributed by atoms with Crippen LogP contribution in [0.15, 0.2) is 0 Å². The lowest BCUT2D eigenvalue weighted by Gasteiger charge is -2.05. The fraction of sp³-hybridized carbons (Fsp3) is 0.889. The molecule has 1 atom stereocenters. The Morgan fingerprint density at radius 3 is 2.67 bits per heavy atom. The molecule has 0 bridgehead atoms. The van der Waals surface area contributed by atoms with Crippen LogP contribution in [0, 0.1) is 17.2 Å². The van der Waals surface area contributed by atoms with Crippen molar-refractivity contribution in [2.75, 3.05) is 13.2 Å². The van der Waals surface area contributed by atoms with E-state index in [0.717, 1.165) is 12.3 Å². The Morgan fingerprint density at radius 1 is 1.50 bits per heavy atom. The van der Waals surface area contributed by atoms with Crippen molar-refractivity contribution in [2.24, 2.45) is 5.92 Å². The second-order valence-electron chi connectivity index (χ2n) is 3.21. The average Bonchev–Trinajstić information content (AvgIpc) is 2.03. The van der Waals surface area contributed by atoms with Crippen LogP contribution < -0.4 is 0 Å². The molecule has 2 nitrogen and oxygen atoms in total. The van der Waals surface area contributed by atoms with Crippen LogP contribution in [0.4, 0.5) is 0 Å². The first kappa shape index (κ1) is 11.7. The molecule has 12 heavy (non-hydrogen) atoms. The Morgan fingerprint density at radius 2 is 2.17 bits per heavy atom. The summed E-state index contributed by atoms with van der Waals surface area (Å²) in [5.41, 5.74) is 0. The third-order valence-electron chi connectivity index (χ3n) is 1.47. The van der Waals surface area contributed by atoms with E-state index < -0.39 is 5.38 Å². The summed E-state index contributed by atoms with van der Waals surface area (Å²) in [7, 11) is 0. The van der Waals surface area contributed by atoms with Crippen molar-refractivity contribution in [3.8, 4) is 6.07 Å². The SMILES string of the molecule is CC(C)CCCOCC(Cl)C#N. The van der Waals surface area contributed by atoms with E-state index in [1.165, 1.54) is 6.42 Å². The van der Waals surface area contributed by atoms with Gasteiger partial charge in [-0.3, -0.25) is 0 Å². The summed E-state index contributed by atoms with van der Waals surface area (Å²) in [6.45, 7) is 5.42. The van der Waals surface area contributed by atoms with Crippen molar-refractivity contribution in [1.82, 2.24) is 0 Å². The highest BCUT2D eigenvalue weighted by atomic mass is 35.5. The quantitative estimate of drug-likeness (QED) is 0.475. The number of rotatable bonds is 6. The topological polar surface area (TPSA) is 33.0 Å². The molecule has 0 rings (SSSR count). The molecule has 0 aromatic carbocycles. The van der Waals surface area contributed by atoms with E-state index in [1.54, 1.807) is 0 Å². The van der Waals surface area contributed by atoms with Crippen LogP contribution in [0.2, 0.25) is 0 Å². The maximum Gasteiger partial charge on any atom is 0.143 e. The number of halogens is 1. The molecule has 0 aliphatic heterocycles. The highest BCUT2D eigenvalue weighted by Crippen LogP contribution is 2.03. The maximum atomic E-state index is 8.32. The third-order valence-corrected chi connectivity index (χ3v) is 1.70. The summed E-state index contributed by atoms with van der Waals surface area (Å²) in [4.78, 5) is 0. The van der Waals surface area contributed by atoms with Gasteiger partial charge in [0.25, 0.3) is 0 Å². The smallest absolute Gasteiger partial charge is 0.143 e. The monoisotopic (exact) mass is 189 g/mol. The fourth-order valence-corrected chi connectivity index (χ4v) is 0.907. The summed E-state index contributed by atoms with van der Waals surface area (Å²) in [5.74, 6) is 0.719. The highest BCUT2D eigenvalue weighted by Gasteiger charge is 2.01. The van der Waals surface area contributed by atoms with E-state index in [-0.39, 0.29) is 0 Å². The summed E-state index contributed by atoms with van der Waals surface area (Å²) in [6.07, 6.45) is 2.21. The van der Waals surface area contributed by atoms with E-state index >= 15 is 0 Å². The zero-order valence-electron chi connectivity index (χ0n) is 7.72. The molecule has 0 aliphatic rings. The van der Waals surface area contributed by atoms with Crippen LogP contribution in [-0.4, -0.2) is 18.6 Å². The molecule has 0 radical (unpaired) electrons. The van der Waals surface area contributed by atoms with E-state index in [4.69, 9.17) is 21.6 Å². The Labute approximate surface area is 79.5 Å². The minimum atomic E-state index is -0.496. The number of alkyl halides is 1. The number of hydrogen-bond donors (Lipinski definition) is 0. The molecule has 0 aromatic rings. The van der Waals surface area contributed by atoms with Gasteiger partial charge in [0.05, 0.1) is 12.7 Å². The normalized spacial score (nSPS) is 12.9. The van der Waals surface area contributed by atoms with Gasteiger partial charge in [0.2, 0.25) is 0 Å². The molecule has 0 spiro atoms. The zero-order valence-corrected chi connectivity index (χ0v) is 8.47. The first-order chi connectivity index (χ1) is 5.66. The summed E-state index contributed by atoms with van der Waals surface area (Å²) in [6, 6.07) is 1.91. The molecule has 0 saturated carbocycles. The van der Waals surface area contributed by atoms with Gasteiger partial charge in [-0.1, -0.05) is 13.8 Å². The van der Waals surface area contributed by atoms with Gasteiger partial charge in [-0.2, -0.15) is 5.26 Å². The molecular formula is C9H16ClNO. The Balaban J connectivity index is 3.07. The molecule has 0 N–H and O–H groups in total. The van der Waals surface area contributed by atoms with E-state index in [9.17, 15) is 0 Å². The van der Waals surface area contributed by atoms with Gasteiger partial charge in [0.15, 0.2) is 0 Å². The van der Waals surface area contributed by atoms with Crippen LogP contribution in [0.3, 0.4) is 0 Å². The van der Waals surface area contributed by atoms with Gasteiger partial charge in [-0.05, 0) is 18.8 Å². The second kappa shape index (κ2) is 7.39. The van der Waals surface area contributed by atoms with E-state index in [2.05, 4.69) is 13.8 Å². The number of ether oxygens (including phenoxy) is 1. The van der Waals surface area contributed by atoms with E-state index in [1.807, 2.05) is 6.07 Å².